The Morgan fingerprint density at radius 2 is 1.72 bits per heavy atom. The van der Waals surface area contributed by atoms with Crippen LogP contribution in [0.1, 0.15) is 29.5 Å². The van der Waals surface area contributed by atoms with Crippen molar-refractivity contribution in [2.45, 2.75) is 31.2 Å². The van der Waals surface area contributed by atoms with Crippen LogP contribution in [0.3, 0.4) is 0 Å². The molecule has 0 atom stereocenters. The summed E-state index contributed by atoms with van der Waals surface area (Å²) >= 11 is 3.72. The summed E-state index contributed by atoms with van der Waals surface area (Å²) in [5.41, 5.74) is -0.926. The van der Waals surface area contributed by atoms with E-state index in [0.29, 0.717) is 0 Å². The normalized spacial score (nSPS) is 15.6. The number of benzene rings is 2. The van der Waals surface area contributed by atoms with E-state index in [2.05, 4.69) is 53.7 Å². The molecule has 2 aromatic rings. The van der Waals surface area contributed by atoms with Gasteiger partial charge in [-0.25, -0.2) is 8.42 Å². The lowest BCUT2D eigenvalue weighted by Gasteiger charge is -2.08. The highest BCUT2D eigenvalue weighted by Gasteiger charge is 2.37. The minimum absolute atomic E-state index is 0.875. The van der Waals surface area contributed by atoms with Crippen molar-refractivity contribution in [2.24, 2.45) is 0 Å². The van der Waals surface area contributed by atoms with Crippen molar-refractivity contribution in [2.75, 3.05) is 11.5 Å². The van der Waals surface area contributed by atoms with Gasteiger partial charge in [-0.2, -0.15) is 13.2 Å². The highest BCUT2D eigenvalue weighted by Crippen LogP contribution is 2.20. The third kappa shape index (κ3) is 8.19. The SMILES string of the molecule is O/[NH+]=C1\C(SCCCc2ccccc2)=[S+]CCCc2ccccc21.O=S(=O)([O-])C(F)(F)F. The molecule has 3 rings (SSSR count). The number of hydrogen-bond donors (Lipinski definition) is 2. The molecule has 11 heteroatoms. The van der Waals surface area contributed by atoms with E-state index >= 15 is 0 Å². The Bertz CT molecular complexity index is 1040. The third-order valence-corrected chi connectivity index (χ3v) is 7.59. The van der Waals surface area contributed by atoms with Crippen LogP contribution >= 0.6 is 11.8 Å². The maximum absolute atomic E-state index is 10.7. The van der Waals surface area contributed by atoms with Crippen LogP contribution < -0.4 is 5.16 Å². The number of thioether (sulfide) groups is 1. The number of hydrogen-bond acceptors (Lipinski definition) is 5. The lowest BCUT2D eigenvalue weighted by atomic mass is 10.00. The van der Waals surface area contributed by atoms with E-state index in [1.807, 2.05) is 29.2 Å². The van der Waals surface area contributed by atoms with Gasteiger partial charge in [-0.15, -0.1) is 0 Å². The van der Waals surface area contributed by atoms with Gasteiger partial charge in [0.25, 0.3) is 0 Å². The van der Waals surface area contributed by atoms with Crippen molar-refractivity contribution in [1.82, 2.24) is 0 Å². The largest absolute Gasteiger partial charge is 0.741 e. The minimum Gasteiger partial charge on any atom is -0.741 e. The molecule has 0 aliphatic carbocycles. The van der Waals surface area contributed by atoms with E-state index in [9.17, 15) is 18.4 Å². The topological polar surface area (TPSA) is 91.4 Å². The second kappa shape index (κ2) is 12.3. The van der Waals surface area contributed by atoms with Crippen molar-refractivity contribution in [3.8, 4) is 0 Å². The molecule has 0 fully saturated rings. The molecule has 1 aliphatic rings. The maximum Gasteiger partial charge on any atom is 0.485 e. The van der Waals surface area contributed by atoms with Crippen LogP contribution in [0, 0.1) is 0 Å². The molecule has 174 valence electrons. The van der Waals surface area contributed by atoms with E-state index in [0.717, 1.165) is 42.0 Å². The fourth-order valence-electron chi connectivity index (χ4n) is 2.90. The third-order valence-electron chi connectivity index (χ3n) is 4.40. The summed E-state index contributed by atoms with van der Waals surface area (Å²) in [5, 5.41) is 12.2. The van der Waals surface area contributed by atoms with E-state index in [4.69, 9.17) is 13.0 Å². The fourth-order valence-corrected chi connectivity index (χ4v) is 5.28. The van der Waals surface area contributed by atoms with Crippen molar-refractivity contribution < 1.29 is 36.5 Å². The molecule has 0 bridgehead atoms. The summed E-state index contributed by atoms with van der Waals surface area (Å²) in [4.78, 5) is 0. The van der Waals surface area contributed by atoms with Gasteiger partial charge < -0.3 is 4.55 Å². The zero-order chi connectivity index (χ0) is 23.6. The van der Waals surface area contributed by atoms with Gasteiger partial charge in [0, 0.05) is 12.2 Å². The predicted octanol–water partition coefficient (Wildman–Crippen LogP) is 2.52. The molecule has 0 radical (unpaired) electrons. The molecule has 32 heavy (non-hydrogen) atoms. The molecular weight excluding hydrogens is 483 g/mol. The van der Waals surface area contributed by atoms with Crippen LogP contribution in [-0.4, -0.2) is 45.1 Å². The lowest BCUT2D eigenvalue weighted by Crippen LogP contribution is -2.71. The summed E-state index contributed by atoms with van der Waals surface area (Å²) in [6, 6.07) is 19.0. The quantitative estimate of drug-likeness (QED) is 0.127. The van der Waals surface area contributed by atoms with Crippen molar-refractivity contribution in [1.29, 1.82) is 0 Å². The van der Waals surface area contributed by atoms with Gasteiger partial charge in [0.1, 0.15) is 0 Å². The molecule has 0 unspecified atom stereocenters. The van der Waals surface area contributed by atoms with Crippen LogP contribution in [0.15, 0.2) is 54.6 Å². The molecule has 0 aromatic heterocycles. The second-order valence-electron chi connectivity index (χ2n) is 6.72. The van der Waals surface area contributed by atoms with Crippen LogP contribution in [0.4, 0.5) is 13.2 Å². The molecule has 2 aromatic carbocycles. The van der Waals surface area contributed by atoms with Gasteiger partial charge in [0.05, 0.1) is 5.56 Å². The maximum atomic E-state index is 10.7. The lowest BCUT2D eigenvalue weighted by molar-refractivity contribution is -0.735. The highest BCUT2D eigenvalue weighted by atomic mass is 32.2. The average Bonchev–Trinajstić information content (AvgIpc) is 2.73. The van der Waals surface area contributed by atoms with E-state index in [1.165, 1.54) is 21.7 Å². The average molecular weight is 507 g/mol. The zero-order valence-electron chi connectivity index (χ0n) is 17.0. The number of rotatable bonds is 4. The summed E-state index contributed by atoms with van der Waals surface area (Å²) in [6.45, 7) is 0. The Hall–Kier alpha value is -1.95. The molecule has 0 amide bonds. The number of fused-ring (bicyclic) bond motifs is 1. The zero-order valence-corrected chi connectivity index (χ0v) is 19.4. The molecule has 5 nitrogen and oxygen atoms in total. The van der Waals surface area contributed by atoms with Gasteiger partial charge in [-0.3, -0.25) is 5.21 Å². The smallest absolute Gasteiger partial charge is 0.485 e. The Balaban J connectivity index is 0.000000390. The Morgan fingerprint density at radius 1 is 1.09 bits per heavy atom. The first kappa shape index (κ1) is 26.3. The summed E-state index contributed by atoms with van der Waals surface area (Å²) in [5.74, 6) is 2.16. The van der Waals surface area contributed by atoms with Gasteiger partial charge in [0.15, 0.2) is 27.2 Å². The van der Waals surface area contributed by atoms with Crippen LogP contribution in [-0.2, 0) is 34.3 Å². The van der Waals surface area contributed by atoms with Crippen molar-refractivity contribution in [3.05, 3.63) is 71.3 Å². The minimum atomic E-state index is -6.09. The summed E-state index contributed by atoms with van der Waals surface area (Å²) in [6.07, 6.45) is 4.48. The number of halogens is 3. The predicted molar refractivity (Wildman–Crippen MR) is 122 cm³/mol. The van der Waals surface area contributed by atoms with Gasteiger partial charge in [-0.1, -0.05) is 60.3 Å². The van der Waals surface area contributed by atoms with E-state index in [1.54, 1.807) is 0 Å². The Kier molecular flexibility index (Phi) is 10.1. The van der Waals surface area contributed by atoms with Gasteiger partial charge >= 0.3 is 15.4 Å². The molecule has 0 spiro atoms. The molecule has 0 saturated heterocycles. The standard InChI is InChI=1S/C20H21NOS2.CHF3O3S/c22-21-19-18-13-5-4-11-17(18)12-7-15-24-20(19)23-14-6-10-16-8-2-1-3-9-16;2-1(3,4)8(5,6)7/h1-5,8-9,11,13H,6-7,10,12,14-15H2;(H,5,6,7)/p+1/b21-19-;. The first-order valence-corrected chi connectivity index (χ1v) is 13.1. The molecule has 0 saturated carbocycles. The number of alkyl halides is 3. The molecular formula is C21H23F3NO4S3+. The first-order chi connectivity index (χ1) is 15.1. The molecule has 2 N–H and O–H groups in total. The van der Waals surface area contributed by atoms with Crippen molar-refractivity contribution in [3.63, 3.8) is 0 Å². The van der Waals surface area contributed by atoms with E-state index in [-0.39, 0.29) is 0 Å². The first-order valence-electron chi connectivity index (χ1n) is 9.68. The van der Waals surface area contributed by atoms with Gasteiger partial charge in [0.2, 0.25) is 0 Å². The summed E-state index contributed by atoms with van der Waals surface area (Å²) < 4.78 is 60.1. The van der Waals surface area contributed by atoms with Crippen LogP contribution in [0.2, 0.25) is 0 Å². The summed E-state index contributed by atoms with van der Waals surface area (Å²) in [7, 11) is -6.09. The van der Waals surface area contributed by atoms with E-state index < -0.39 is 15.6 Å². The monoisotopic (exact) mass is 506 g/mol. The molecule has 1 heterocycles. The number of nitrogens with one attached hydrogen (secondary N) is 1. The van der Waals surface area contributed by atoms with Crippen LogP contribution in [0.5, 0.6) is 0 Å². The van der Waals surface area contributed by atoms with Gasteiger partial charge in [-0.05, 0) is 41.6 Å². The van der Waals surface area contributed by atoms with Crippen LogP contribution in [0.25, 0.3) is 0 Å². The molecule has 1 aliphatic heterocycles. The Morgan fingerprint density at radius 3 is 2.34 bits per heavy atom. The highest BCUT2D eigenvalue weighted by molar-refractivity contribution is 8.24. The Labute approximate surface area is 193 Å². The second-order valence-corrected chi connectivity index (χ2v) is 10.6. The fraction of sp³-hybridized carbons (Fsp3) is 0.333. The van der Waals surface area contributed by atoms with Crippen molar-refractivity contribution >= 4 is 43.1 Å². The number of aryl methyl sites for hydroxylation is 2.